The maximum Gasteiger partial charge on any atom is 0.273 e. The van der Waals surface area contributed by atoms with E-state index in [1.54, 1.807) is 13.2 Å². The first kappa shape index (κ1) is 17.7. The molecule has 0 unspecified atom stereocenters. The van der Waals surface area contributed by atoms with Crippen LogP contribution in [0.15, 0.2) is 48.2 Å². The number of halogens is 1. The molecule has 5 nitrogen and oxygen atoms in total. The lowest BCUT2D eigenvalue weighted by Crippen LogP contribution is -2.21. The van der Waals surface area contributed by atoms with Crippen molar-refractivity contribution >= 4 is 51.9 Å². The van der Waals surface area contributed by atoms with Crippen LogP contribution >= 0.6 is 34.8 Å². The maximum atomic E-state index is 11.7. The molecule has 2 aromatic carbocycles. The average molecular weight is 466 g/mol. The van der Waals surface area contributed by atoms with Crippen molar-refractivity contribution in [2.45, 2.75) is 6.61 Å². The van der Waals surface area contributed by atoms with Crippen LogP contribution in [0.25, 0.3) is 6.08 Å². The number of rotatable bonds is 5. The topological polar surface area (TPSA) is 59.6 Å². The van der Waals surface area contributed by atoms with Gasteiger partial charge in [0.15, 0.2) is 16.6 Å². The molecule has 2 N–H and O–H groups in total. The summed E-state index contributed by atoms with van der Waals surface area (Å²) in [6.45, 7) is 0.450. The Morgan fingerprint density at radius 2 is 1.88 bits per heavy atom. The number of hydrogen-bond donors (Lipinski definition) is 2. The second kappa shape index (κ2) is 7.83. The Kier molecular flexibility index (Phi) is 5.54. The SMILES string of the molecule is COc1cc(/C=C2/NC(=S)NC2=O)ccc1OCc1ccc(I)cc1. The highest BCUT2D eigenvalue weighted by Gasteiger charge is 2.20. The average Bonchev–Trinajstić information content (AvgIpc) is 2.92. The predicted octanol–water partition coefficient (Wildman–Crippen LogP) is 3.22. The summed E-state index contributed by atoms with van der Waals surface area (Å²) in [4.78, 5) is 11.7. The molecule has 7 heteroatoms. The van der Waals surface area contributed by atoms with Gasteiger partial charge >= 0.3 is 0 Å². The zero-order valence-electron chi connectivity index (χ0n) is 13.3. The summed E-state index contributed by atoms with van der Waals surface area (Å²) in [5.41, 5.74) is 2.29. The van der Waals surface area contributed by atoms with Crippen LogP contribution in [-0.2, 0) is 11.4 Å². The van der Waals surface area contributed by atoms with Crippen LogP contribution in [0.5, 0.6) is 11.5 Å². The third-order valence-corrected chi connectivity index (χ3v) is 4.45. The van der Waals surface area contributed by atoms with Gasteiger partial charge in [0, 0.05) is 3.57 Å². The Morgan fingerprint density at radius 3 is 2.52 bits per heavy atom. The minimum absolute atomic E-state index is 0.247. The first-order valence-electron chi connectivity index (χ1n) is 7.44. The number of thiocarbonyl (C=S) groups is 1. The van der Waals surface area contributed by atoms with Gasteiger partial charge in [-0.05, 0) is 76.3 Å². The van der Waals surface area contributed by atoms with Gasteiger partial charge in [-0.15, -0.1) is 0 Å². The van der Waals surface area contributed by atoms with E-state index in [9.17, 15) is 4.79 Å². The largest absolute Gasteiger partial charge is 0.493 e. The quantitative estimate of drug-likeness (QED) is 0.403. The number of benzene rings is 2. The second-order valence-electron chi connectivity index (χ2n) is 5.29. The fourth-order valence-corrected chi connectivity index (χ4v) is 2.85. The molecule has 3 rings (SSSR count). The van der Waals surface area contributed by atoms with E-state index in [1.807, 2.05) is 42.5 Å². The molecule has 0 aliphatic carbocycles. The molecule has 0 radical (unpaired) electrons. The zero-order chi connectivity index (χ0) is 17.8. The monoisotopic (exact) mass is 466 g/mol. The molecule has 1 fully saturated rings. The Labute approximate surface area is 164 Å². The van der Waals surface area contributed by atoms with Gasteiger partial charge in [-0.3, -0.25) is 10.1 Å². The predicted molar refractivity (Wildman–Crippen MR) is 108 cm³/mol. The lowest BCUT2D eigenvalue weighted by molar-refractivity contribution is -0.115. The second-order valence-corrected chi connectivity index (χ2v) is 6.95. The first-order chi connectivity index (χ1) is 12.0. The van der Waals surface area contributed by atoms with Crippen LogP contribution in [0.4, 0.5) is 0 Å². The number of hydrogen-bond acceptors (Lipinski definition) is 4. The van der Waals surface area contributed by atoms with E-state index in [0.717, 1.165) is 11.1 Å². The van der Waals surface area contributed by atoms with Crippen molar-refractivity contribution in [1.29, 1.82) is 0 Å². The van der Waals surface area contributed by atoms with Crippen molar-refractivity contribution in [2.24, 2.45) is 0 Å². The molecule has 1 amide bonds. The smallest absolute Gasteiger partial charge is 0.273 e. The van der Waals surface area contributed by atoms with Gasteiger partial charge in [-0.2, -0.15) is 0 Å². The van der Waals surface area contributed by atoms with Gasteiger partial charge < -0.3 is 14.8 Å². The summed E-state index contributed by atoms with van der Waals surface area (Å²) in [6.07, 6.45) is 1.71. The van der Waals surface area contributed by atoms with Gasteiger partial charge in [0.1, 0.15) is 12.3 Å². The van der Waals surface area contributed by atoms with Crippen LogP contribution in [0.2, 0.25) is 0 Å². The van der Waals surface area contributed by atoms with E-state index < -0.39 is 0 Å². The molecule has 0 atom stereocenters. The van der Waals surface area contributed by atoms with Crippen molar-refractivity contribution in [3.05, 3.63) is 62.9 Å². The minimum Gasteiger partial charge on any atom is -0.493 e. The Morgan fingerprint density at radius 1 is 1.12 bits per heavy atom. The van der Waals surface area contributed by atoms with Gasteiger partial charge in [-0.25, -0.2) is 0 Å². The zero-order valence-corrected chi connectivity index (χ0v) is 16.3. The van der Waals surface area contributed by atoms with Crippen LogP contribution in [0.1, 0.15) is 11.1 Å². The van der Waals surface area contributed by atoms with Crippen molar-refractivity contribution in [3.8, 4) is 11.5 Å². The molecular formula is C18H15IN2O3S. The Bertz CT molecular complexity index is 850. The number of nitrogens with one attached hydrogen (secondary N) is 2. The van der Waals surface area contributed by atoms with E-state index in [4.69, 9.17) is 21.7 Å². The molecule has 0 saturated carbocycles. The number of ether oxygens (including phenoxy) is 2. The van der Waals surface area contributed by atoms with Crippen molar-refractivity contribution in [3.63, 3.8) is 0 Å². The number of amides is 1. The van der Waals surface area contributed by atoms with E-state index in [-0.39, 0.29) is 5.91 Å². The molecule has 0 spiro atoms. The lowest BCUT2D eigenvalue weighted by atomic mass is 10.1. The van der Waals surface area contributed by atoms with Gasteiger partial charge in [0.25, 0.3) is 5.91 Å². The fraction of sp³-hybridized carbons (Fsp3) is 0.111. The summed E-state index contributed by atoms with van der Waals surface area (Å²) >= 11 is 7.18. The van der Waals surface area contributed by atoms with Crippen LogP contribution in [-0.4, -0.2) is 18.1 Å². The molecule has 1 aliphatic heterocycles. The highest BCUT2D eigenvalue weighted by atomic mass is 127. The third-order valence-electron chi connectivity index (χ3n) is 3.53. The molecular weight excluding hydrogens is 451 g/mol. The van der Waals surface area contributed by atoms with Gasteiger partial charge in [0.05, 0.1) is 7.11 Å². The standard InChI is InChI=1S/C18H15IN2O3S/c1-23-16-9-12(8-14-17(22)21-18(25)20-14)4-7-15(16)24-10-11-2-5-13(19)6-3-11/h2-9H,10H2,1H3,(H2,20,21,22,25)/b14-8+. The van der Waals surface area contributed by atoms with Gasteiger partial charge in [-0.1, -0.05) is 18.2 Å². The molecule has 2 aromatic rings. The molecule has 1 aliphatic rings. The summed E-state index contributed by atoms with van der Waals surface area (Å²) in [6, 6.07) is 13.6. The molecule has 1 saturated heterocycles. The first-order valence-corrected chi connectivity index (χ1v) is 8.93. The summed E-state index contributed by atoms with van der Waals surface area (Å²) in [5, 5.41) is 5.65. The molecule has 0 bridgehead atoms. The minimum atomic E-state index is -0.247. The Hall–Kier alpha value is -2.13. The highest BCUT2D eigenvalue weighted by Crippen LogP contribution is 2.29. The number of carbonyl (C=O) groups excluding carboxylic acids is 1. The molecule has 1 heterocycles. The van der Waals surface area contributed by atoms with E-state index in [0.29, 0.717) is 28.9 Å². The summed E-state index contributed by atoms with van der Waals surface area (Å²) < 4.78 is 12.4. The van der Waals surface area contributed by atoms with Crippen LogP contribution < -0.4 is 20.1 Å². The maximum absolute atomic E-state index is 11.7. The van der Waals surface area contributed by atoms with Crippen LogP contribution in [0, 0.1) is 3.57 Å². The molecule has 0 aromatic heterocycles. The highest BCUT2D eigenvalue weighted by molar-refractivity contribution is 14.1. The van der Waals surface area contributed by atoms with Gasteiger partial charge in [0.2, 0.25) is 0 Å². The summed E-state index contributed by atoms with van der Waals surface area (Å²) in [5.74, 6) is 0.992. The normalized spacial score (nSPS) is 15.0. The molecule has 25 heavy (non-hydrogen) atoms. The van der Waals surface area contributed by atoms with Crippen molar-refractivity contribution < 1.29 is 14.3 Å². The Balaban J connectivity index is 1.75. The van der Waals surface area contributed by atoms with E-state index >= 15 is 0 Å². The number of methoxy groups -OCH3 is 1. The van der Waals surface area contributed by atoms with Crippen molar-refractivity contribution in [2.75, 3.05) is 7.11 Å². The fourth-order valence-electron chi connectivity index (χ4n) is 2.28. The molecule has 128 valence electrons. The van der Waals surface area contributed by atoms with Crippen LogP contribution in [0.3, 0.4) is 0 Å². The lowest BCUT2D eigenvalue weighted by Gasteiger charge is -2.11. The number of carbonyl (C=O) groups is 1. The third kappa shape index (κ3) is 4.49. The summed E-state index contributed by atoms with van der Waals surface area (Å²) in [7, 11) is 1.58. The van der Waals surface area contributed by atoms with E-state index in [2.05, 4.69) is 33.2 Å². The van der Waals surface area contributed by atoms with Crippen molar-refractivity contribution in [1.82, 2.24) is 10.6 Å². The van der Waals surface area contributed by atoms with E-state index in [1.165, 1.54) is 3.57 Å².